The Balaban J connectivity index is 2.18. The van der Waals surface area contributed by atoms with Crippen LogP contribution in [0.3, 0.4) is 0 Å². The van der Waals surface area contributed by atoms with Gasteiger partial charge in [-0.3, -0.25) is 10.3 Å². The lowest BCUT2D eigenvalue weighted by Crippen LogP contribution is -2.61. The normalized spacial score (nSPS) is 30.8. The largest absolute Gasteiger partial charge is 0.444 e. The van der Waals surface area contributed by atoms with Crippen LogP contribution in [-0.2, 0) is 20.0 Å². The number of aliphatic imine (C=N–C) groups is 1. The van der Waals surface area contributed by atoms with Crippen LogP contribution in [0.15, 0.2) is 26.1 Å². The lowest BCUT2D eigenvalue weighted by Gasteiger charge is -2.44. The Morgan fingerprint density at radius 2 is 2.00 bits per heavy atom. The average Bonchev–Trinajstić information content (AvgIpc) is 2.98. The number of pyridine rings is 1. The minimum absolute atomic E-state index is 0.0701. The molecule has 1 aromatic heterocycles. The van der Waals surface area contributed by atoms with Gasteiger partial charge < -0.3 is 4.74 Å². The summed E-state index contributed by atoms with van der Waals surface area (Å²) < 4.78 is 38.1. The summed E-state index contributed by atoms with van der Waals surface area (Å²) in [4.78, 5) is 21.5. The first-order valence-electron chi connectivity index (χ1n) is 9.35. The van der Waals surface area contributed by atoms with E-state index in [0.29, 0.717) is 17.6 Å². The first-order valence-corrected chi connectivity index (χ1v) is 11.7. The van der Waals surface area contributed by atoms with E-state index in [1.54, 1.807) is 41.5 Å². The van der Waals surface area contributed by atoms with Crippen molar-refractivity contribution in [3.05, 3.63) is 28.2 Å². The van der Waals surface area contributed by atoms with Crippen LogP contribution in [0, 0.1) is 5.82 Å². The molecule has 3 atom stereocenters. The second kappa shape index (κ2) is 7.01. The number of nitrogens with zero attached hydrogens (tertiary/aromatic N) is 3. The number of nitrogens with one attached hydrogen (secondary N) is 1. The van der Waals surface area contributed by atoms with Crippen molar-refractivity contribution in [2.24, 2.45) is 9.36 Å². The number of carbonyl (C=O) groups is 1. The summed E-state index contributed by atoms with van der Waals surface area (Å²) >= 11 is 3.27. The number of fused-ring (bicyclic) bond motifs is 1. The Morgan fingerprint density at radius 3 is 2.62 bits per heavy atom. The number of halogens is 2. The predicted molar refractivity (Wildman–Crippen MR) is 114 cm³/mol. The lowest BCUT2D eigenvalue weighted by atomic mass is 9.90. The van der Waals surface area contributed by atoms with E-state index < -0.39 is 42.8 Å². The van der Waals surface area contributed by atoms with Crippen molar-refractivity contribution < 1.29 is 18.1 Å². The van der Waals surface area contributed by atoms with Gasteiger partial charge in [0.25, 0.3) is 0 Å². The molecular weight excluding hydrogens is 463 g/mol. The van der Waals surface area contributed by atoms with Crippen molar-refractivity contribution in [3.63, 3.8) is 0 Å². The quantitative estimate of drug-likeness (QED) is 0.600. The topological polar surface area (TPSA) is 93.0 Å². The van der Waals surface area contributed by atoms with Crippen molar-refractivity contribution in [2.45, 2.75) is 69.1 Å². The molecule has 2 aliphatic heterocycles. The van der Waals surface area contributed by atoms with E-state index in [0.717, 1.165) is 0 Å². The molecule has 29 heavy (non-hydrogen) atoms. The fourth-order valence-corrected chi connectivity index (χ4v) is 7.28. The number of hydrogen-bond acceptors (Lipinski definition) is 6. The van der Waals surface area contributed by atoms with Gasteiger partial charge in [0.1, 0.15) is 37.8 Å². The molecule has 3 rings (SSSR count). The SMILES string of the molecule is CC(C)(C)OC(=O)NC1=N[C@](C)(c2nc(Br)ccc2F)[C@H]2CCN=[S@@]2(=O)C1(C)C. The van der Waals surface area contributed by atoms with E-state index in [4.69, 9.17) is 9.73 Å². The maximum atomic E-state index is 14.8. The molecule has 0 fully saturated rings. The summed E-state index contributed by atoms with van der Waals surface area (Å²) in [6.07, 6.45) is -0.218. The van der Waals surface area contributed by atoms with E-state index in [9.17, 15) is 13.4 Å². The van der Waals surface area contributed by atoms with E-state index in [1.807, 2.05) is 0 Å². The molecule has 0 bridgehead atoms. The molecule has 1 N–H and O–H groups in total. The average molecular weight is 489 g/mol. The van der Waals surface area contributed by atoms with Crippen LogP contribution in [0.25, 0.3) is 0 Å². The molecule has 10 heteroatoms. The minimum atomic E-state index is -2.90. The molecule has 0 aromatic carbocycles. The number of amidine groups is 1. The molecule has 0 spiro atoms. The van der Waals surface area contributed by atoms with Gasteiger partial charge in [0.2, 0.25) is 0 Å². The molecule has 160 valence electrons. The highest BCUT2D eigenvalue weighted by Gasteiger charge is 2.58. The van der Waals surface area contributed by atoms with Gasteiger partial charge in [-0.25, -0.2) is 22.7 Å². The van der Waals surface area contributed by atoms with Gasteiger partial charge in [-0.1, -0.05) is 0 Å². The monoisotopic (exact) mass is 488 g/mol. The lowest BCUT2D eigenvalue weighted by molar-refractivity contribution is 0.0560. The number of rotatable bonds is 1. The molecule has 0 radical (unpaired) electrons. The van der Waals surface area contributed by atoms with Gasteiger partial charge >= 0.3 is 6.09 Å². The zero-order valence-electron chi connectivity index (χ0n) is 17.4. The highest BCUT2D eigenvalue weighted by Crippen LogP contribution is 2.47. The third kappa shape index (κ3) is 3.69. The Hall–Kier alpha value is -1.55. The molecular formula is C19H26BrFN4O3S. The van der Waals surface area contributed by atoms with E-state index in [2.05, 4.69) is 30.6 Å². The van der Waals surface area contributed by atoms with Crippen LogP contribution in [0.5, 0.6) is 0 Å². The van der Waals surface area contributed by atoms with Crippen molar-refractivity contribution >= 4 is 37.6 Å². The van der Waals surface area contributed by atoms with Crippen LogP contribution < -0.4 is 5.32 Å². The molecule has 2 aliphatic rings. The number of carbonyl (C=O) groups excluding carboxylic acids is 1. The van der Waals surface area contributed by atoms with Crippen LogP contribution in [0.4, 0.5) is 9.18 Å². The number of ether oxygens (including phenoxy) is 1. The summed E-state index contributed by atoms with van der Waals surface area (Å²) in [7, 11) is -2.90. The zero-order valence-corrected chi connectivity index (χ0v) is 19.8. The van der Waals surface area contributed by atoms with Crippen molar-refractivity contribution in [2.75, 3.05) is 6.54 Å². The van der Waals surface area contributed by atoms with Gasteiger partial charge in [0.15, 0.2) is 0 Å². The fourth-order valence-electron chi connectivity index (χ4n) is 3.80. The third-order valence-electron chi connectivity index (χ3n) is 5.24. The first kappa shape index (κ1) is 22.1. The zero-order chi connectivity index (χ0) is 21.8. The van der Waals surface area contributed by atoms with E-state index >= 15 is 0 Å². The predicted octanol–water partition coefficient (Wildman–Crippen LogP) is 4.15. The molecule has 0 saturated carbocycles. The molecule has 0 unspecified atom stereocenters. The van der Waals surface area contributed by atoms with E-state index in [1.165, 1.54) is 12.1 Å². The minimum Gasteiger partial charge on any atom is -0.444 e. The molecule has 1 amide bonds. The van der Waals surface area contributed by atoms with Crippen LogP contribution in [0.2, 0.25) is 0 Å². The number of aromatic nitrogens is 1. The highest BCUT2D eigenvalue weighted by atomic mass is 79.9. The standard InChI is InChI=1S/C19H26BrFN4O3S/c1-17(2,3)28-16(26)24-15-18(4,5)29(27)12(9-10-22-29)19(6,25-15)14-11(21)7-8-13(20)23-14/h7-8,12H,9-10H2,1-6H3,(H,24,25,26)/t12-,19+,29+/m1/s1. The molecule has 0 aliphatic carbocycles. The van der Waals surface area contributed by atoms with E-state index in [-0.39, 0.29) is 11.5 Å². The highest BCUT2D eigenvalue weighted by molar-refractivity contribution is 9.10. The number of alkyl carbamates (subject to hydrolysis) is 1. The fraction of sp³-hybridized carbons (Fsp3) is 0.632. The van der Waals surface area contributed by atoms with Gasteiger partial charge in [0.05, 0.1) is 15.0 Å². The summed E-state index contributed by atoms with van der Waals surface area (Å²) in [5, 5.41) is 2.11. The molecule has 3 heterocycles. The van der Waals surface area contributed by atoms with Gasteiger partial charge in [0, 0.05) is 6.54 Å². The van der Waals surface area contributed by atoms with Crippen LogP contribution >= 0.6 is 15.9 Å². The smallest absolute Gasteiger partial charge is 0.413 e. The van der Waals surface area contributed by atoms with Crippen LogP contribution in [0.1, 0.15) is 53.7 Å². The third-order valence-corrected chi connectivity index (χ3v) is 9.37. The Labute approximate surface area is 179 Å². The second-order valence-corrected chi connectivity index (χ2v) is 12.7. The molecule has 0 saturated heterocycles. The van der Waals surface area contributed by atoms with Gasteiger partial charge in [-0.05, 0) is 76.0 Å². The summed E-state index contributed by atoms with van der Waals surface area (Å²) in [6, 6.07) is 2.79. The molecule has 1 aromatic rings. The Kier molecular flexibility index (Phi) is 5.35. The maximum absolute atomic E-state index is 14.8. The molecule has 7 nitrogen and oxygen atoms in total. The summed E-state index contributed by atoms with van der Waals surface area (Å²) in [5.41, 5.74) is -1.90. The Bertz CT molecular complexity index is 1010. The number of hydrogen-bond donors (Lipinski definition) is 1. The van der Waals surface area contributed by atoms with Gasteiger partial charge in [-0.15, -0.1) is 0 Å². The van der Waals surface area contributed by atoms with Crippen molar-refractivity contribution in [1.82, 2.24) is 10.3 Å². The summed E-state index contributed by atoms with van der Waals surface area (Å²) in [5.74, 6) is -0.397. The van der Waals surface area contributed by atoms with Crippen LogP contribution in [-0.4, -0.2) is 43.3 Å². The maximum Gasteiger partial charge on any atom is 0.413 e. The Morgan fingerprint density at radius 1 is 1.34 bits per heavy atom. The van der Waals surface area contributed by atoms with Crippen molar-refractivity contribution in [1.29, 1.82) is 0 Å². The second-order valence-electron chi connectivity index (χ2n) is 8.91. The van der Waals surface area contributed by atoms with Crippen molar-refractivity contribution in [3.8, 4) is 0 Å². The first-order chi connectivity index (χ1) is 13.2. The number of amides is 1. The van der Waals surface area contributed by atoms with Gasteiger partial charge in [-0.2, -0.15) is 0 Å². The summed E-state index contributed by atoms with van der Waals surface area (Å²) in [6.45, 7) is 10.8.